The molecule has 4 rings (SSSR count). The number of hydrogen-bond donors (Lipinski definition) is 1. The molecule has 0 bridgehead atoms. The highest BCUT2D eigenvalue weighted by atomic mass is 32.1. The number of ether oxygens (including phenoxy) is 1. The number of nitrogens with one attached hydrogen (secondary N) is 1. The summed E-state index contributed by atoms with van der Waals surface area (Å²) in [5, 5.41) is 5.20. The summed E-state index contributed by atoms with van der Waals surface area (Å²) < 4.78 is 5.12. The molecule has 2 amide bonds. The smallest absolute Gasteiger partial charge is 0.312 e. The Kier molecular flexibility index (Phi) is 8.04. The van der Waals surface area contributed by atoms with Crippen LogP contribution in [0.3, 0.4) is 0 Å². The molecule has 0 saturated carbocycles. The fourth-order valence-corrected chi connectivity index (χ4v) is 4.87. The summed E-state index contributed by atoms with van der Waals surface area (Å²) in [6, 6.07) is 20.4. The van der Waals surface area contributed by atoms with Gasteiger partial charge < -0.3 is 10.1 Å². The second-order valence-electron chi connectivity index (χ2n) is 8.12. The molecule has 1 fully saturated rings. The van der Waals surface area contributed by atoms with E-state index in [1.807, 2.05) is 36.4 Å². The normalized spacial score (nSPS) is 13.3. The Morgan fingerprint density at radius 2 is 1.74 bits per heavy atom. The summed E-state index contributed by atoms with van der Waals surface area (Å²) in [5.41, 5.74) is 2.92. The van der Waals surface area contributed by atoms with E-state index in [9.17, 15) is 14.4 Å². The van der Waals surface area contributed by atoms with Crippen molar-refractivity contribution < 1.29 is 19.1 Å². The van der Waals surface area contributed by atoms with Gasteiger partial charge in [0.15, 0.2) is 11.7 Å². The number of nitrogens with zero attached hydrogens (tertiary/aromatic N) is 2. The van der Waals surface area contributed by atoms with Crippen molar-refractivity contribution in [2.24, 2.45) is 0 Å². The topological polar surface area (TPSA) is 88.6 Å². The van der Waals surface area contributed by atoms with Gasteiger partial charge >= 0.3 is 5.97 Å². The van der Waals surface area contributed by atoms with Crippen LogP contribution >= 0.6 is 11.3 Å². The van der Waals surface area contributed by atoms with Gasteiger partial charge in [-0.15, -0.1) is 11.3 Å². The van der Waals surface area contributed by atoms with Crippen molar-refractivity contribution in [3.8, 4) is 0 Å². The van der Waals surface area contributed by atoms with Gasteiger partial charge in [0.2, 0.25) is 5.91 Å². The van der Waals surface area contributed by atoms with Crippen molar-refractivity contribution in [1.29, 1.82) is 0 Å². The minimum absolute atomic E-state index is 0.0318. The van der Waals surface area contributed by atoms with Crippen molar-refractivity contribution in [2.45, 2.75) is 31.6 Å². The summed E-state index contributed by atoms with van der Waals surface area (Å²) >= 11 is 1.33. The average Bonchev–Trinajstić information content (AvgIpc) is 3.50. The van der Waals surface area contributed by atoms with Crippen molar-refractivity contribution >= 4 is 34.3 Å². The number of hydrogen-bond acceptors (Lipinski definition) is 6. The Hall–Kier alpha value is -3.52. The Morgan fingerprint density at radius 3 is 2.35 bits per heavy atom. The number of amides is 2. The van der Waals surface area contributed by atoms with Gasteiger partial charge in [0.25, 0.3) is 5.91 Å². The molecule has 1 saturated heterocycles. The number of anilines is 1. The molecule has 0 radical (unpaired) electrons. The minimum Gasteiger partial charge on any atom is -0.455 e. The number of aromatic nitrogens is 1. The Bertz CT molecular complexity index is 1080. The fraction of sp³-hybridized carbons (Fsp3) is 0.308. The van der Waals surface area contributed by atoms with E-state index >= 15 is 0 Å². The highest BCUT2D eigenvalue weighted by Crippen LogP contribution is 2.27. The summed E-state index contributed by atoms with van der Waals surface area (Å²) in [6.45, 7) is 0.789. The Balaban J connectivity index is 1.22. The number of carbonyl (C=O) groups is 3. The van der Waals surface area contributed by atoms with E-state index in [0.717, 1.165) is 12.8 Å². The van der Waals surface area contributed by atoms with E-state index in [0.29, 0.717) is 30.3 Å². The molecule has 2 aromatic carbocycles. The molecule has 1 aliphatic rings. The average molecular weight is 478 g/mol. The van der Waals surface area contributed by atoms with E-state index in [2.05, 4.69) is 34.6 Å². The third-order valence-corrected chi connectivity index (χ3v) is 6.61. The van der Waals surface area contributed by atoms with Crippen molar-refractivity contribution in [3.05, 3.63) is 82.9 Å². The number of esters is 1. The molecule has 0 spiro atoms. The summed E-state index contributed by atoms with van der Waals surface area (Å²) in [5.74, 6) is -0.644. The van der Waals surface area contributed by atoms with Crippen LogP contribution in [0.15, 0.2) is 66.0 Å². The highest BCUT2D eigenvalue weighted by Gasteiger charge is 2.24. The molecule has 1 N–H and O–H groups in total. The third kappa shape index (κ3) is 6.29. The zero-order valence-electron chi connectivity index (χ0n) is 18.8. The predicted octanol–water partition coefficient (Wildman–Crippen LogP) is 3.69. The van der Waals surface area contributed by atoms with Gasteiger partial charge in [-0.1, -0.05) is 60.7 Å². The molecule has 34 heavy (non-hydrogen) atoms. The molecule has 0 unspecified atom stereocenters. The zero-order chi connectivity index (χ0) is 23.8. The number of benzene rings is 2. The van der Waals surface area contributed by atoms with Gasteiger partial charge in [-0.3, -0.25) is 19.3 Å². The van der Waals surface area contributed by atoms with Crippen molar-refractivity contribution in [2.75, 3.05) is 24.6 Å². The van der Waals surface area contributed by atoms with Gasteiger partial charge in [0.05, 0.1) is 12.1 Å². The molecule has 1 aromatic heterocycles. The van der Waals surface area contributed by atoms with E-state index in [1.165, 1.54) is 22.5 Å². The van der Waals surface area contributed by atoms with E-state index in [4.69, 9.17) is 4.74 Å². The number of rotatable bonds is 10. The largest absolute Gasteiger partial charge is 0.455 e. The van der Waals surface area contributed by atoms with Gasteiger partial charge in [0, 0.05) is 30.8 Å². The lowest BCUT2D eigenvalue weighted by Crippen LogP contribution is -2.30. The molecule has 0 atom stereocenters. The standard InChI is InChI=1S/C26H27N3O4S/c30-23(17-33-25(32)16-21-18-34-26(28-21)29-15-7-12-24(29)31)27-14-13-22(19-8-3-1-4-9-19)20-10-5-2-6-11-20/h1-6,8-11,18,22H,7,12-17H2,(H,27,30). The molecule has 3 aromatic rings. The summed E-state index contributed by atoms with van der Waals surface area (Å²) in [4.78, 5) is 42.2. The first-order valence-corrected chi connectivity index (χ1v) is 12.2. The van der Waals surface area contributed by atoms with Crippen LogP contribution in [0.4, 0.5) is 5.13 Å². The van der Waals surface area contributed by atoms with Gasteiger partial charge in [-0.05, 0) is 24.0 Å². The van der Waals surface area contributed by atoms with Crippen LogP contribution in [-0.2, 0) is 25.5 Å². The second kappa shape index (κ2) is 11.6. The number of thiazole rings is 1. The third-order valence-electron chi connectivity index (χ3n) is 5.69. The van der Waals surface area contributed by atoms with E-state index in [-0.39, 0.29) is 30.8 Å². The molecular formula is C26H27N3O4S. The van der Waals surface area contributed by atoms with Crippen LogP contribution in [0.5, 0.6) is 0 Å². The first kappa shape index (κ1) is 23.6. The van der Waals surface area contributed by atoms with Gasteiger partial charge in [-0.2, -0.15) is 0 Å². The number of carbonyl (C=O) groups excluding carboxylic acids is 3. The van der Waals surface area contributed by atoms with Crippen LogP contribution in [0, 0.1) is 0 Å². The van der Waals surface area contributed by atoms with E-state index in [1.54, 1.807) is 10.3 Å². The molecule has 2 heterocycles. The maximum absolute atomic E-state index is 12.2. The lowest BCUT2D eigenvalue weighted by molar-refractivity contribution is -0.147. The molecule has 176 valence electrons. The summed E-state index contributed by atoms with van der Waals surface area (Å²) in [7, 11) is 0. The van der Waals surface area contributed by atoms with E-state index < -0.39 is 5.97 Å². The molecule has 7 nitrogen and oxygen atoms in total. The molecular weight excluding hydrogens is 450 g/mol. The van der Waals surface area contributed by atoms with Crippen LogP contribution in [0.25, 0.3) is 0 Å². The predicted molar refractivity (Wildman–Crippen MR) is 131 cm³/mol. The maximum atomic E-state index is 12.2. The summed E-state index contributed by atoms with van der Waals surface area (Å²) in [6.07, 6.45) is 2.05. The highest BCUT2D eigenvalue weighted by molar-refractivity contribution is 7.14. The SMILES string of the molecule is O=C(COC(=O)Cc1csc(N2CCCC2=O)n1)NCCC(c1ccccc1)c1ccccc1. The minimum atomic E-state index is -0.522. The fourth-order valence-electron chi connectivity index (χ4n) is 4.00. The Labute approximate surface area is 202 Å². The lowest BCUT2D eigenvalue weighted by Gasteiger charge is -2.18. The van der Waals surface area contributed by atoms with Crippen LogP contribution in [0.2, 0.25) is 0 Å². The van der Waals surface area contributed by atoms with Crippen LogP contribution in [0.1, 0.15) is 42.0 Å². The zero-order valence-corrected chi connectivity index (χ0v) is 19.6. The first-order valence-electron chi connectivity index (χ1n) is 11.4. The second-order valence-corrected chi connectivity index (χ2v) is 8.96. The van der Waals surface area contributed by atoms with Gasteiger partial charge in [-0.25, -0.2) is 4.98 Å². The van der Waals surface area contributed by atoms with Crippen LogP contribution < -0.4 is 10.2 Å². The maximum Gasteiger partial charge on any atom is 0.312 e. The quantitative estimate of drug-likeness (QED) is 0.450. The molecule has 0 aliphatic carbocycles. The van der Waals surface area contributed by atoms with Crippen molar-refractivity contribution in [3.63, 3.8) is 0 Å². The molecule has 8 heteroatoms. The van der Waals surface area contributed by atoms with Crippen LogP contribution in [-0.4, -0.2) is 42.5 Å². The monoisotopic (exact) mass is 477 g/mol. The van der Waals surface area contributed by atoms with Crippen molar-refractivity contribution in [1.82, 2.24) is 10.3 Å². The Morgan fingerprint density at radius 1 is 1.06 bits per heavy atom. The molecule has 1 aliphatic heterocycles. The van der Waals surface area contributed by atoms with Gasteiger partial charge in [0.1, 0.15) is 0 Å². The lowest BCUT2D eigenvalue weighted by atomic mass is 9.88. The first-order chi connectivity index (χ1) is 16.6.